The summed E-state index contributed by atoms with van der Waals surface area (Å²) in [6.07, 6.45) is 10.3. The Hall–Kier alpha value is -3.22. The fourth-order valence-electron chi connectivity index (χ4n) is 4.76. The van der Waals surface area contributed by atoms with Gasteiger partial charge in [0.25, 0.3) is 0 Å². The zero-order valence-corrected chi connectivity index (χ0v) is 21.7. The Morgan fingerprint density at radius 1 is 0.811 bits per heavy atom. The third kappa shape index (κ3) is 8.14. The van der Waals surface area contributed by atoms with Gasteiger partial charge < -0.3 is 19.7 Å². The summed E-state index contributed by atoms with van der Waals surface area (Å²) >= 11 is 0. The van der Waals surface area contributed by atoms with E-state index in [0.29, 0.717) is 11.5 Å². The first-order valence-corrected chi connectivity index (χ1v) is 13.1. The highest BCUT2D eigenvalue weighted by atomic mass is 16.5. The predicted octanol–water partition coefficient (Wildman–Crippen LogP) is 6.12. The number of ether oxygens (including phenoxy) is 2. The molecule has 1 saturated carbocycles. The van der Waals surface area contributed by atoms with Crippen molar-refractivity contribution in [1.29, 1.82) is 0 Å². The summed E-state index contributed by atoms with van der Waals surface area (Å²) in [4.78, 5) is 24.3. The van der Waals surface area contributed by atoms with E-state index in [-0.39, 0.29) is 22.6 Å². The van der Waals surface area contributed by atoms with Crippen molar-refractivity contribution < 1.29 is 29.3 Å². The first kappa shape index (κ1) is 28.4. The van der Waals surface area contributed by atoms with E-state index in [4.69, 9.17) is 9.47 Å². The zero-order chi connectivity index (χ0) is 26.8. The van der Waals surface area contributed by atoms with Crippen molar-refractivity contribution in [3.63, 3.8) is 0 Å². The predicted molar refractivity (Wildman–Crippen MR) is 144 cm³/mol. The number of unbranched alkanes of at least 4 members (excludes halogenated alkanes) is 2. The Morgan fingerprint density at radius 3 is 1.84 bits per heavy atom. The maximum Gasteiger partial charge on any atom is 0.341 e. The van der Waals surface area contributed by atoms with Gasteiger partial charge in [-0.2, -0.15) is 0 Å². The molecular weight excluding hydrogens is 468 g/mol. The molecule has 6 heteroatoms. The number of esters is 2. The minimum absolute atomic E-state index is 0.0953. The van der Waals surface area contributed by atoms with Crippen molar-refractivity contribution in [1.82, 2.24) is 0 Å². The molecule has 198 valence electrons. The molecule has 0 radical (unpaired) electrons. The molecule has 0 saturated heterocycles. The lowest BCUT2D eigenvalue weighted by atomic mass is 9.77. The van der Waals surface area contributed by atoms with E-state index in [2.05, 4.69) is 32.2 Å². The zero-order valence-electron chi connectivity index (χ0n) is 21.7. The number of rotatable bonds is 12. The van der Waals surface area contributed by atoms with Crippen LogP contribution in [0.3, 0.4) is 0 Å². The summed E-state index contributed by atoms with van der Waals surface area (Å²) in [5.41, 5.74) is 2.69. The van der Waals surface area contributed by atoms with Crippen molar-refractivity contribution in [2.24, 2.45) is 5.92 Å². The van der Waals surface area contributed by atoms with E-state index < -0.39 is 25.2 Å². The Morgan fingerprint density at radius 2 is 1.35 bits per heavy atom. The van der Waals surface area contributed by atoms with Crippen LogP contribution in [0.15, 0.2) is 66.8 Å². The monoisotopic (exact) mass is 506 g/mol. The molecule has 2 aromatic rings. The van der Waals surface area contributed by atoms with Crippen molar-refractivity contribution in [3.8, 4) is 22.6 Å². The fraction of sp³-hybridized carbons (Fsp3) is 0.419. The molecule has 0 aliphatic heterocycles. The van der Waals surface area contributed by atoms with Crippen LogP contribution in [-0.2, 0) is 9.59 Å². The van der Waals surface area contributed by atoms with E-state index >= 15 is 0 Å². The molecule has 0 bridgehead atoms. The molecule has 0 spiro atoms. The minimum Gasteiger partial charge on any atom is -0.423 e. The molecule has 3 rings (SSSR count). The first-order chi connectivity index (χ1) is 17.8. The number of hydrogen-bond acceptors (Lipinski definition) is 6. The van der Waals surface area contributed by atoms with Crippen molar-refractivity contribution in [2.75, 3.05) is 13.2 Å². The third-order valence-corrected chi connectivity index (χ3v) is 7.04. The van der Waals surface area contributed by atoms with Crippen LogP contribution in [0.5, 0.6) is 11.5 Å². The molecule has 37 heavy (non-hydrogen) atoms. The number of carbonyl (C=O) groups is 2. The topological polar surface area (TPSA) is 93.1 Å². The highest BCUT2D eigenvalue weighted by molar-refractivity contribution is 5.91. The number of benzene rings is 2. The maximum atomic E-state index is 12.2. The lowest BCUT2D eigenvalue weighted by Crippen LogP contribution is -2.14. The largest absolute Gasteiger partial charge is 0.423 e. The lowest BCUT2D eigenvalue weighted by molar-refractivity contribution is -0.131. The molecule has 2 aromatic carbocycles. The van der Waals surface area contributed by atoms with Crippen LogP contribution in [0.1, 0.15) is 69.8 Å². The van der Waals surface area contributed by atoms with Crippen LogP contribution in [0.25, 0.3) is 11.1 Å². The van der Waals surface area contributed by atoms with Crippen LogP contribution >= 0.6 is 0 Å². The molecule has 0 atom stereocenters. The van der Waals surface area contributed by atoms with Crippen LogP contribution in [0.2, 0.25) is 0 Å². The molecule has 2 N–H and O–H groups in total. The van der Waals surface area contributed by atoms with Gasteiger partial charge in [-0.15, -0.1) is 0 Å². The van der Waals surface area contributed by atoms with Gasteiger partial charge in [0.1, 0.15) is 11.5 Å². The molecule has 0 heterocycles. The summed E-state index contributed by atoms with van der Waals surface area (Å²) in [7, 11) is 0. The Bertz CT molecular complexity index is 1040. The molecule has 1 aliphatic carbocycles. The van der Waals surface area contributed by atoms with Gasteiger partial charge in [0.2, 0.25) is 0 Å². The summed E-state index contributed by atoms with van der Waals surface area (Å²) in [6, 6.07) is 13.0. The average Bonchev–Trinajstić information content (AvgIpc) is 2.92. The fourth-order valence-corrected chi connectivity index (χ4v) is 4.76. The van der Waals surface area contributed by atoms with E-state index in [1.165, 1.54) is 63.0 Å². The Balaban J connectivity index is 1.77. The van der Waals surface area contributed by atoms with E-state index in [1.54, 1.807) is 12.1 Å². The number of carbonyl (C=O) groups excluding carboxylic acids is 2. The lowest BCUT2D eigenvalue weighted by Gasteiger charge is -2.29. The SMILES string of the molecule is C=C(CO)C(=O)Oc1cc(OC(=O)C(=C)CO)cc(-c2ccc(C3CCC(CCCCC)CC3)cc2)c1. The summed E-state index contributed by atoms with van der Waals surface area (Å²) in [5.74, 6) is 0.140. The second-order valence-corrected chi connectivity index (χ2v) is 9.83. The van der Waals surface area contributed by atoms with Gasteiger partial charge in [-0.1, -0.05) is 70.0 Å². The van der Waals surface area contributed by atoms with Gasteiger partial charge in [0.05, 0.1) is 24.4 Å². The number of hydrogen-bond donors (Lipinski definition) is 2. The number of aliphatic hydroxyl groups is 2. The van der Waals surface area contributed by atoms with Gasteiger partial charge in [-0.3, -0.25) is 0 Å². The second kappa shape index (κ2) is 13.9. The van der Waals surface area contributed by atoms with Gasteiger partial charge in [-0.05, 0) is 66.3 Å². The van der Waals surface area contributed by atoms with Crippen LogP contribution in [0, 0.1) is 5.92 Å². The van der Waals surface area contributed by atoms with Crippen molar-refractivity contribution >= 4 is 11.9 Å². The minimum atomic E-state index is -0.780. The quantitative estimate of drug-likeness (QED) is 0.156. The molecule has 1 aliphatic rings. The van der Waals surface area contributed by atoms with E-state index in [1.807, 2.05) is 12.1 Å². The third-order valence-electron chi connectivity index (χ3n) is 7.04. The van der Waals surface area contributed by atoms with Crippen LogP contribution in [0.4, 0.5) is 0 Å². The van der Waals surface area contributed by atoms with E-state index in [9.17, 15) is 19.8 Å². The highest BCUT2D eigenvalue weighted by Crippen LogP contribution is 2.39. The molecule has 0 unspecified atom stereocenters. The molecular formula is C31H38O6. The average molecular weight is 507 g/mol. The first-order valence-electron chi connectivity index (χ1n) is 13.1. The summed E-state index contributed by atoms with van der Waals surface area (Å²) in [5, 5.41) is 18.3. The second-order valence-electron chi connectivity index (χ2n) is 9.83. The van der Waals surface area contributed by atoms with E-state index in [0.717, 1.165) is 11.5 Å². The number of aliphatic hydroxyl groups excluding tert-OH is 2. The van der Waals surface area contributed by atoms with Gasteiger partial charge in [0.15, 0.2) is 0 Å². The van der Waals surface area contributed by atoms with Gasteiger partial charge in [-0.25, -0.2) is 9.59 Å². The Labute approximate surface area is 219 Å². The molecule has 0 aromatic heterocycles. The highest BCUT2D eigenvalue weighted by Gasteiger charge is 2.22. The van der Waals surface area contributed by atoms with Crippen molar-refractivity contribution in [2.45, 2.75) is 64.2 Å². The smallest absolute Gasteiger partial charge is 0.341 e. The van der Waals surface area contributed by atoms with Gasteiger partial charge >= 0.3 is 11.9 Å². The normalized spacial score (nSPS) is 17.2. The Kier molecular flexibility index (Phi) is 10.7. The molecule has 0 amide bonds. The van der Waals surface area contributed by atoms with Gasteiger partial charge in [0, 0.05) is 6.07 Å². The molecule has 6 nitrogen and oxygen atoms in total. The van der Waals surface area contributed by atoms with Crippen LogP contribution in [-0.4, -0.2) is 35.4 Å². The summed E-state index contributed by atoms with van der Waals surface area (Å²) < 4.78 is 10.7. The maximum absolute atomic E-state index is 12.2. The summed E-state index contributed by atoms with van der Waals surface area (Å²) in [6.45, 7) is 8.16. The van der Waals surface area contributed by atoms with Crippen LogP contribution < -0.4 is 9.47 Å². The standard InChI is InChI=1S/C31H38O6/c1-4-5-6-7-23-8-10-24(11-9-23)25-12-14-26(15-13-25)27-16-28(36-30(34)21(2)19-32)18-29(17-27)37-31(35)22(3)20-33/h12-18,23-24,32-33H,2-11,19-20H2,1H3. The molecule has 1 fully saturated rings. The van der Waals surface area contributed by atoms with Crippen molar-refractivity contribution in [3.05, 3.63) is 72.3 Å².